The molecule has 6 heteroatoms. The van der Waals surface area contributed by atoms with Gasteiger partial charge in [-0.2, -0.15) is 0 Å². The molecule has 0 saturated heterocycles. The Labute approximate surface area is 148 Å². The number of carbonyl (C=O) groups is 2. The van der Waals surface area contributed by atoms with Crippen LogP contribution in [0.5, 0.6) is 11.5 Å². The highest BCUT2D eigenvalue weighted by Gasteiger charge is 2.32. The van der Waals surface area contributed by atoms with Crippen LogP contribution in [0.2, 0.25) is 0 Å². The molecule has 2 heterocycles. The molecule has 1 aliphatic rings. The van der Waals surface area contributed by atoms with Gasteiger partial charge in [0.15, 0.2) is 10.9 Å². The fourth-order valence-corrected chi connectivity index (χ4v) is 3.58. The number of Topliss-reactive ketones (excluding diaryl/α,β-unsaturated/α-hetero) is 1. The van der Waals surface area contributed by atoms with Crippen LogP contribution in [0.3, 0.4) is 0 Å². The molecule has 0 spiro atoms. The number of thiazole rings is 1. The number of fused-ring (bicyclic) bond motifs is 2. The molecule has 0 aliphatic carbocycles. The Morgan fingerprint density at radius 1 is 1.04 bits per heavy atom. The van der Waals surface area contributed by atoms with Crippen LogP contribution in [0.4, 0.5) is 5.13 Å². The highest BCUT2D eigenvalue weighted by molar-refractivity contribution is 7.17. The number of amides is 1. The maximum Gasteiger partial charge on any atom is 0.238 e. The topological polar surface area (TPSA) is 68.3 Å². The number of para-hydroxylation sites is 2. The van der Waals surface area contributed by atoms with Crippen LogP contribution in [-0.2, 0) is 4.79 Å². The van der Waals surface area contributed by atoms with E-state index in [1.807, 2.05) is 48.5 Å². The second-order valence-corrected chi connectivity index (χ2v) is 6.72. The van der Waals surface area contributed by atoms with E-state index in [1.165, 1.54) is 24.5 Å². The lowest BCUT2D eigenvalue weighted by Crippen LogP contribution is -2.24. The first-order valence-corrected chi connectivity index (χ1v) is 8.58. The van der Waals surface area contributed by atoms with Crippen molar-refractivity contribution in [3.05, 3.63) is 70.7 Å². The van der Waals surface area contributed by atoms with Gasteiger partial charge in [-0.3, -0.25) is 9.59 Å². The van der Waals surface area contributed by atoms with Gasteiger partial charge in [-0.1, -0.05) is 47.7 Å². The molecule has 4 rings (SSSR count). The number of aromatic nitrogens is 1. The molecule has 0 radical (unpaired) electrons. The van der Waals surface area contributed by atoms with Gasteiger partial charge in [0.25, 0.3) is 0 Å². The van der Waals surface area contributed by atoms with Crippen LogP contribution in [0.25, 0.3) is 0 Å². The van der Waals surface area contributed by atoms with E-state index in [4.69, 9.17) is 4.74 Å². The minimum absolute atomic E-state index is 0.0697. The normalized spacial score (nSPS) is 12.7. The van der Waals surface area contributed by atoms with Crippen LogP contribution < -0.4 is 10.1 Å². The Balaban J connectivity index is 1.71. The van der Waals surface area contributed by atoms with Gasteiger partial charge in [-0.15, -0.1) is 0 Å². The van der Waals surface area contributed by atoms with Crippen molar-refractivity contribution in [3.63, 3.8) is 0 Å². The van der Waals surface area contributed by atoms with E-state index in [2.05, 4.69) is 10.3 Å². The molecule has 5 nitrogen and oxygen atoms in total. The number of nitrogens with one attached hydrogen (secondary N) is 1. The maximum absolute atomic E-state index is 13.0. The van der Waals surface area contributed by atoms with Crippen molar-refractivity contribution in [1.29, 1.82) is 0 Å². The Bertz CT molecular complexity index is 935. The van der Waals surface area contributed by atoms with Crippen molar-refractivity contribution in [2.75, 3.05) is 5.32 Å². The number of hydrogen-bond acceptors (Lipinski definition) is 5. The first kappa shape index (κ1) is 15.5. The second kappa shape index (κ2) is 6.14. The van der Waals surface area contributed by atoms with Gasteiger partial charge >= 0.3 is 0 Å². The summed E-state index contributed by atoms with van der Waals surface area (Å²) in [6.07, 6.45) is 1.48. The molecular formula is C19H14N2O3S. The number of anilines is 1. The van der Waals surface area contributed by atoms with E-state index >= 15 is 0 Å². The monoisotopic (exact) mass is 350 g/mol. The molecule has 1 N–H and O–H groups in total. The highest BCUT2D eigenvalue weighted by Crippen LogP contribution is 2.44. The van der Waals surface area contributed by atoms with Gasteiger partial charge in [0.1, 0.15) is 11.5 Å². The molecular weight excluding hydrogens is 336 g/mol. The molecule has 1 aromatic heterocycles. The van der Waals surface area contributed by atoms with E-state index < -0.39 is 5.92 Å². The van der Waals surface area contributed by atoms with Gasteiger partial charge in [0.2, 0.25) is 5.91 Å². The Morgan fingerprint density at radius 3 is 2.20 bits per heavy atom. The molecule has 124 valence electrons. The van der Waals surface area contributed by atoms with Crippen LogP contribution in [0, 0.1) is 0 Å². The molecule has 1 amide bonds. The number of carbonyl (C=O) groups excluding carboxylic acids is 2. The zero-order valence-electron chi connectivity index (χ0n) is 13.4. The van der Waals surface area contributed by atoms with E-state index in [0.717, 1.165) is 11.1 Å². The average molecular weight is 350 g/mol. The molecule has 0 atom stereocenters. The molecule has 3 aromatic rings. The number of ketones is 1. The molecule has 0 saturated carbocycles. The third kappa shape index (κ3) is 2.81. The van der Waals surface area contributed by atoms with Crippen LogP contribution in [0.15, 0.2) is 54.7 Å². The summed E-state index contributed by atoms with van der Waals surface area (Å²) in [6, 6.07) is 15.0. The van der Waals surface area contributed by atoms with E-state index in [-0.39, 0.29) is 11.7 Å². The smallest absolute Gasteiger partial charge is 0.238 e. The maximum atomic E-state index is 13.0. The SMILES string of the molecule is CC(=O)c1cnc(NC(=O)C2c3ccccc3Oc3ccccc32)s1. The first-order chi connectivity index (χ1) is 12.1. The minimum Gasteiger partial charge on any atom is -0.457 e. The molecule has 0 unspecified atom stereocenters. The third-order valence-electron chi connectivity index (χ3n) is 4.02. The third-order valence-corrected chi connectivity index (χ3v) is 5.04. The van der Waals surface area contributed by atoms with Gasteiger partial charge in [0, 0.05) is 18.1 Å². The van der Waals surface area contributed by atoms with Crippen LogP contribution in [0.1, 0.15) is 33.6 Å². The summed E-state index contributed by atoms with van der Waals surface area (Å²) >= 11 is 1.17. The first-order valence-electron chi connectivity index (χ1n) is 7.77. The summed E-state index contributed by atoms with van der Waals surface area (Å²) < 4.78 is 5.91. The Kier molecular flexibility index (Phi) is 3.82. The van der Waals surface area contributed by atoms with E-state index in [1.54, 1.807) is 0 Å². The molecule has 25 heavy (non-hydrogen) atoms. The standard InChI is InChI=1S/C19H14N2O3S/c1-11(22)16-10-20-19(25-16)21-18(23)17-12-6-2-4-8-14(12)24-15-9-5-3-7-13(15)17/h2-10,17H,1H3,(H,20,21,23). The number of hydrogen-bond donors (Lipinski definition) is 1. The van der Waals surface area contributed by atoms with Crippen molar-refractivity contribution in [2.45, 2.75) is 12.8 Å². The average Bonchev–Trinajstić information content (AvgIpc) is 3.08. The lowest BCUT2D eigenvalue weighted by molar-refractivity contribution is -0.116. The second-order valence-electron chi connectivity index (χ2n) is 5.69. The summed E-state index contributed by atoms with van der Waals surface area (Å²) in [6.45, 7) is 1.48. The summed E-state index contributed by atoms with van der Waals surface area (Å²) in [7, 11) is 0. The van der Waals surface area contributed by atoms with Crippen LogP contribution in [-0.4, -0.2) is 16.7 Å². The largest absolute Gasteiger partial charge is 0.457 e. The molecule has 0 bridgehead atoms. The quantitative estimate of drug-likeness (QED) is 0.718. The summed E-state index contributed by atoms with van der Waals surface area (Å²) in [5.74, 6) is 0.577. The van der Waals surface area contributed by atoms with Crippen LogP contribution >= 0.6 is 11.3 Å². The summed E-state index contributed by atoms with van der Waals surface area (Å²) in [4.78, 5) is 29.0. The summed E-state index contributed by atoms with van der Waals surface area (Å²) in [5, 5.41) is 3.24. The lowest BCUT2D eigenvalue weighted by Gasteiger charge is -2.27. The van der Waals surface area contributed by atoms with Crippen molar-refractivity contribution < 1.29 is 14.3 Å². The Hall–Kier alpha value is -2.99. The zero-order valence-corrected chi connectivity index (χ0v) is 14.2. The van der Waals surface area contributed by atoms with Gasteiger partial charge in [0.05, 0.1) is 17.0 Å². The van der Waals surface area contributed by atoms with Crippen molar-refractivity contribution in [3.8, 4) is 11.5 Å². The van der Waals surface area contributed by atoms with Gasteiger partial charge in [-0.25, -0.2) is 4.98 Å². The van der Waals surface area contributed by atoms with Gasteiger partial charge < -0.3 is 10.1 Å². The van der Waals surface area contributed by atoms with Crippen molar-refractivity contribution in [1.82, 2.24) is 4.98 Å². The Morgan fingerprint density at radius 2 is 1.64 bits per heavy atom. The molecule has 1 aliphatic heterocycles. The lowest BCUT2D eigenvalue weighted by atomic mass is 9.87. The van der Waals surface area contributed by atoms with Gasteiger partial charge in [-0.05, 0) is 12.1 Å². The fraction of sp³-hybridized carbons (Fsp3) is 0.105. The fourth-order valence-electron chi connectivity index (χ4n) is 2.86. The number of nitrogens with zero attached hydrogens (tertiary/aromatic N) is 1. The minimum atomic E-state index is -0.495. The highest BCUT2D eigenvalue weighted by atomic mass is 32.1. The summed E-state index contributed by atoms with van der Waals surface area (Å²) in [5.41, 5.74) is 1.61. The van der Waals surface area contributed by atoms with E-state index in [9.17, 15) is 9.59 Å². The number of rotatable bonds is 3. The zero-order chi connectivity index (χ0) is 17.4. The number of benzene rings is 2. The van der Waals surface area contributed by atoms with Crippen molar-refractivity contribution in [2.24, 2.45) is 0 Å². The number of ether oxygens (including phenoxy) is 1. The predicted octanol–water partition coefficient (Wildman–Crippen LogP) is 4.22. The molecule has 0 fully saturated rings. The molecule has 2 aromatic carbocycles. The van der Waals surface area contributed by atoms with Crippen molar-refractivity contribution >= 4 is 28.2 Å². The predicted molar refractivity (Wildman–Crippen MR) is 95.5 cm³/mol. The van der Waals surface area contributed by atoms with E-state index in [0.29, 0.717) is 21.5 Å².